The van der Waals surface area contributed by atoms with E-state index in [9.17, 15) is 14.4 Å². The fourth-order valence-electron chi connectivity index (χ4n) is 6.39. The van der Waals surface area contributed by atoms with E-state index in [1.54, 1.807) is 0 Å². The molecule has 0 aliphatic carbocycles. The smallest absolute Gasteiger partial charge is 0.306 e. The van der Waals surface area contributed by atoms with E-state index in [2.05, 4.69) is 154 Å². The predicted octanol–water partition coefficient (Wildman–Crippen LogP) is 17.1. The predicted molar refractivity (Wildman–Crippen MR) is 279 cm³/mol. The molecule has 0 aromatic heterocycles. The zero-order valence-corrected chi connectivity index (χ0v) is 41.4. The van der Waals surface area contributed by atoms with E-state index in [-0.39, 0.29) is 44.0 Å². The highest BCUT2D eigenvalue weighted by atomic mass is 16.6. The summed E-state index contributed by atoms with van der Waals surface area (Å²) in [7, 11) is 0. The van der Waals surface area contributed by atoms with Gasteiger partial charge in [0, 0.05) is 19.3 Å². The van der Waals surface area contributed by atoms with Gasteiger partial charge in [-0.05, 0) is 122 Å². The van der Waals surface area contributed by atoms with Crippen LogP contribution >= 0.6 is 0 Å². The summed E-state index contributed by atoms with van der Waals surface area (Å²) in [6.07, 6.45) is 72.9. The number of carbonyl (C=O) groups excluding carboxylic acids is 3. The Hall–Kier alpha value is -4.45. The van der Waals surface area contributed by atoms with Crippen LogP contribution < -0.4 is 0 Å². The summed E-state index contributed by atoms with van der Waals surface area (Å²) < 4.78 is 16.7. The number of carbonyl (C=O) groups is 3. The van der Waals surface area contributed by atoms with Crippen LogP contribution in [0.4, 0.5) is 0 Å². The van der Waals surface area contributed by atoms with Gasteiger partial charge in [0.05, 0.1) is 0 Å². The van der Waals surface area contributed by atoms with Gasteiger partial charge in [0.25, 0.3) is 0 Å². The molecule has 6 nitrogen and oxygen atoms in total. The van der Waals surface area contributed by atoms with Gasteiger partial charge in [0.15, 0.2) is 6.10 Å². The Morgan fingerprint density at radius 2 is 0.569 bits per heavy atom. The van der Waals surface area contributed by atoms with Crippen LogP contribution in [0.15, 0.2) is 134 Å². The highest BCUT2D eigenvalue weighted by molar-refractivity contribution is 5.71. The Bertz CT molecular complexity index is 1450. The van der Waals surface area contributed by atoms with Crippen LogP contribution in [-0.4, -0.2) is 37.2 Å². The van der Waals surface area contributed by atoms with Crippen LogP contribution in [0.3, 0.4) is 0 Å². The first-order valence-electron chi connectivity index (χ1n) is 25.7. The van der Waals surface area contributed by atoms with Gasteiger partial charge < -0.3 is 14.2 Å². The molecule has 0 saturated carbocycles. The van der Waals surface area contributed by atoms with E-state index in [0.29, 0.717) is 12.8 Å². The molecule has 0 amide bonds. The van der Waals surface area contributed by atoms with Crippen molar-refractivity contribution in [2.45, 2.75) is 207 Å². The molecule has 0 aromatic carbocycles. The lowest BCUT2D eigenvalue weighted by molar-refractivity contribution is -0.167. The SMILES string of the molecule is CC/C=C\C/C=C\C/C=C\C/C=C\C/C=C\CCCC(=O)OCC(COC(=O)CCCCCCC/C=C\C/C=C\C/C=C\CC)OC(=O)CCCCCCC/C=C\C/C=C\C/C=C\CC. The topological polar surface area (TPSA) is 78.9 Å². The summed E-state index contributed by atoms with van der Waals surface area (Å²) in [5.74, 6) is -1.02. The van der Waals surface area contributed by atoms with Gasteiger partial charge in [0.1, 0.15) is 13.2 Å². The molecule has 0 aromatic rings. The van der Waals surface area contributed by atoms with Crippen LogP contribution in [0.2, 0.25) is 0 Å². The average molecular weight is 897 g/mol. The zero-order valence-electron chi connectivity index (χ0n) is 41.4. The summed E-state index contributed by atoms with van der Waals surface area (Å²) >= 11 is 0. The number of ether oxygens (including phenoxy) is 3. The Balaban J connectivity index is 4.56. The van der Waals surface area contributed by atoms with Gasteiger partial charge in [-0.2, -0.15) is 0 Å². The maximum atomic E-state index is 12.8. The zero-order chi connectivity index (χ0) is 47.2. The molecule has 0 bridgehead atoms. The first kappa shape index (κ1) is 60.5. The minimum Gasteiger partial charge on any atom is -0.462 e. The molecule has 0 saturated heterocycles. The summed E-state index contributed by atoms with van der Waals surface area (Å²) in [4.78, 5) is 38.0. The number of unbranched alkanes of at least 4 members (excludes halogenated alkanes) is 11. The van der Waals surface area contributed by atoms with Gasteiger partial charge in [-0.15, -0.1) is 0 Å². The number of esters is 3. The van der Waals surface area contributed by atoms with Crippen molar-refractivity contribution in [3.05, 3.63) is 134 Å². The van der Waals surface area contributed by atoms with E-state index in [1.807, 2.05) is 0 Å². The van der Waals surface area contributed by atoms with Crippen molar-refractivity contribution < 1.29 is 28.6 Å². The van der Waals surface area contributed by atoms with Crippen LogP contribution in [0, 0.1) is 0 Å². The van der Waals surface area contributed by atoms with Crippen LogP contribution in [0.1, 0.15) is 201 Å². The highest BCUT2D eigenvalue weighted by Crippen LogP contribution is 2.12. The summed E-state index contributed by atoms with van der Waals surface area (Å²) in [5, 5.41) is 0. The normalized spacial score (nSPS) is 13.2. The van der Waals surface area contributed by atoms with Crippen molar-refractivity contribution in [3.63, 3.8) is 0 Å². The molecule has 6 heteroatoms. The third-order valence-electron chi connectivity index (χ3n) is 10.1. The van der Waals surface area contributed by atoms with Crippen LogP contribution in [0.25, 0.3) is 0 Å². The van der Waals surface area contributed by atoms with Crippen molar-refractivity contribution in [1.82, 2.24) is 0 Å². The molecular weight excluding hydrogens is 805 g/mol. The Labute approximate surface area is 398 Å². The van der Waals surface area contributed by atoms with Crippen molar-refractivity contribution >= 4 is 17.9 Å². The molecule has 0 rings (SSSR count). The van der Waals surface area contributed by atoms with Crippen LogP contribution in [-0.2, 0) is 28.6 Å². The molecule has 65 heavy (non-hydrogen) atoms. The molecule has 1 unspecified atom stereocenters. The second-order valence-electron chi connectivity index (χ2n) is 16.3. The van der Waals surface area contributed by atoms with Gasteiger partial charge in [-0.3, -0.25) is 14.4 Å². The number of hydrogen-bond donors (Lipinski definition) is 0. The molecule has 0 fully saturated rings. The lowest BCUT2D eigenvalue weighted by Crippen LogP contribution is -2.30. The lowest BCUT2D eigenvalue weighted by Gasteiger charge is -2.18. The first-order valence-corrected chi connectivity index (χ1v) is 25.7. The van der Waals surface area contributed by atoms with E-state index in [4.69, 9.17) is 14.2 Å². The molecule has 0 aliphatic rings. The molecule has 0 spiro atoms. The van der Waals surface area contributed by atoms with Gasteiger partial charge in [-0.25, -0.2) is 0 Å². The number of hydrogen-bond acceptors (Lipinski definition) is 6. The Morgan fingerprint density at radius 1 is 0.308 bits per heavy atom. The molecular formula is C59H92O6. The molecule has 1 atom stereocenters. The minimum absolute atomic E-state index is 0.117. The van der Waals surface area contributed by atoms with Crippen LogP contribution in [0.5, 0.6) is 0 Å². The van der Waals surface area contributed by atoms with E-state index in [1.165, 1.54) is 0 Å². The van der Waals surface area contributed by atoms with E-state index in [0.717, 1.165) is 154 Å². The molecule has 0 aliphatic heterocycles. The van der Waals surface area contributed by atoms with Gasteiger partial charge in [-0.1, -0.05) is 193 Å². The Morgan fingerprint density at radius 3 is 0.923 bits per heavy atom. The van der Waals surface area contributed by atoms with Crippen molar-refractivity contribution in [2.75, 3.05) is 13.2 Å². The van der Waals surface area contributed by atoms with Crippen molar-refractivity contribution in [3.8, 4) is 0 Å². The average Bonchev–Trinajstić information content (AvgIpc) is 3.30. The minimum atomic E-state index is -0.822. The summed E-state index contributed by atoms with van der Waals surface area (Å²) in [6.45, 7) is 6.20. The van der Waals surface area contributed by atoms with E-state index >= 15 is 0 Å². The molecule has 0 N–H and O–H groups in total. The quantitative estimate of drug-likeness (QED) is 0.0262. The maximum absolute atomic E-state index is 12.8. The highest BCUT2D eigenvalue weighted by Gasteiger charge is 2.19. The molecule has 0 heterocycles. The molecule has 0 radical (unpaired) electrons. The fraction of sp³-hybridized carbons (Fsp3) is 0.576. The number of allylic oxidation sites excluding steroid dienone is 22. The first-order chi connectivity index (χ1) is 32.0. The summed E-state index contributed by atoms with van der Waals surface area (Å²) in [5.41, 5.74) is 0. The maximum Gasteiger partial charge on any atom is 0.306 e. The number of rotatable bonds is 44. The lowest BCUT2D eigenvalue weighted by atomic mass is 10.1. The third-order valence-corrected chi connectivity index (χ3v) is 10.1. The monoisotopic (exact) mass is 897 g/mol. The molecule has 364 valence electrons. The van der Waals surface area contributed by atoms with Crippen molar-refractivity contribution in [1.29, 1.82) is 0 Å². The Kier molecular flexibility index (Phi) is 48.6. The second-order valence-corrected chi connectivity index (χ2v) is 16.3. The third kappa shape index (κ3) is 50.4. The largest absolute Gasteiger partial charge is 0.462 e. The standard InChI is InChI=1S/C59H92O6/c1-4-7-10-13-16-19-22-25-28-29-32-34-37-40-43-46-49-52-58(61)64-55-56(65-59(62)53-50-47-44-41-38-35-31-27-24-21-18-15-12-9-6-3)54-63-57(60)51-48-45-42-39-36-33-30-26-23-20-17-14-11-8-5-2/h7-12,16-21,25-28,30-32,34,40,43,56H,4-6,13-15,22-24,29,33,35-39,41-42,44-55H2,1-3H3/b10-7-,11-8-,12-9-,19-16-,20-17-,21-18-,28-25-,30-26-,31-27-,34-32-,43-40-. The van der Waals surface area contributed by atoms with E-state index < -0.39 is 6.10 Å². The van der Waals surface area contributed by atoms with Gasteiger partial charge >= 0.3 is 17.9 Å². The second kappa shape index (κ2) is 52.2. The summed E-state index contributed by atoms with van der Waals surface area (Å²) in [6, 6.07) is 0. The fourth-order valence-corrected chi connectivity index (χ4v) is 6.39. The van der Waals surface area contributed by atoms with Crippen molar-refractivity contribution in [2.24, 2.45) is 0 Å². The van der Waals surface area contributed by atoms with Gasteiger partial charge in [0.2, 0.25) is 0 Å².